The molecule has 0 atom stereocenters. The van der Waals surface area contributed by atoms with Crippen LogP contribution in [0, 0.1) is 140 Å². The summed E-state index contributed by atoms with van der Waals surface area (Å²) >= 11 is 0.639. The summed E-state index contributed by atoms with van der Waals surface area (Å²) in [6.45, 7) is 32.3. The minimum Gasteiger partial charge on any atom is -0.399 e. The Bertz CT molecular complexity index is 7970. The van der Waals surface area contributed by atoms with Gasteiger partial charge >= 0.3 is 0 Å². The number of fused-ring (bicyclic) bond motifs is 16. The van der Waals surface area contributed by atoms with E-state index in [9.17, 15) is 18.2 Å². The molecule has 0 amide bonds. The Morgan fingerprint density at radius 2 is 0.523 bits per heavy atom. The normalized spacial score (nSPS) is 12.4. The van der Waals surface area contributed by atoms with E-state index >= 15 is 22.0 Å². The van der Waals surface area contributed by atoms with Gasteiger partial charge in [0.1, 0.15) is 4.90 Å². The van der Waals surface area contributed by atoms with Gasteiger partial charge in [0, 0.05) is 105 Å². The molecule has 9 aromatic carbocycles. The lowest BCUT2D eigenvalue weighted by Gasteiger charge is -2.19. The van der Waals surface area contributed by atoms with Gasteiger partial charge in [0.2, 0.25) is 5.82 Å². The Balaban J connectivity index is 0.820. The summed E-state index contributed by atoms with van der Waals surface area (Å²) in [6, 6.07) is 50.7. The number of benzene rings is 9. The minimum absolute atomic E-state index is 0.00989. The topological polar surface area (TPSA) is 234 Å². The fourth-order valence-electron chi connectivity index (χ4n) is 20.7. The molecule has 4 aliphatic rings. The highest BCUT2D eigenvalue weighted by Gasteiger charge is 2.33. The fraction of sp³-hybridized carbons (Fsp3) is 0.145. The molecule has 19 rings (SSSR count). The molecule has 15 nitrogen and oxygen atoms in total. The molecule has 16 bridgehead atoms. The average Bonchev–Trinajstić information content (AvgIpc) is 1.56. The van der Waals surface area contributed by atoms with E-state index in [2.05, 4.69) is 139 Å². The molecule has 0 saturated carbocycles. The lowest BCUT2D eigenvalue weighted by atomic mass is 9.89. The van der Waals surface area contributed by atoms with E-state index in [4.69, 9.17) is 30.0 Å². The van der Waals surface area contributed by atoms with E-state index in [1.165, 1.54) is 18.2 Å². The van der Waals surface area contributed by atoms with Crippen LogP contribution < -0.4 is 5.73 Å². The maximum absolute atomic E-state index is 16.7. The minimum atomic E-state index is -5.13. The summed E-state index contributed by atoms with van der Waals surface area (Å²) in [5, 5.41) is 14.4. The molecule has 22 heteroatoms. The molecule has 0 saturated heterocycles. The number of hydrogen-bond acceptors (Lipinski definition) is 11. The van der Waals surface area contributed by atoms with Gasteiger partial charge < -0.3 is 25.7 Å². The molecule has 0 unspecified atom stereocenters. The maximum Gasteiger partial charge on any atom is 0.295 e. The second-order valence-electron chi connectivity index (χ2n) is 35.2. The third kappa shape index (κ3) is 15.1. The van der Waals surface area contributed by atoms with Gasteiger partial charge in [-0.25, -0.2) is 47.1 Å². The highest BCUT2D eigenvalue weighted by molar-refractivity contribution is 7.94. The van der Waals surface area contributed by atoms with Crippen molar-refractivity contribution in [1.29, 1.82) is 0 Å². The molecular formula is C110H90F5N9O6S2. The molecule has 0 radical (unpaired) electrons. The van der Waals surface area contributed by atoms with E-state index in [0.717, 1.165) is 167 Å². The Morgan fingerprint density at radius 1 is 0.288 bits per heavy atom. The molecule has 15 aromatic rings. The van der Waals surface area contributed by atoms with Crippen LogP contribution in [0.4, 0.5) is 27.6 Å². The molecule has 132 heavy (non-hydrogen) atoms. The zero-order chi connectivity index (χ0) is 93.0. The monoisotopic (exact) mass is 1790 g/mol. The van der Waals surface area contributed by atoms with Crippen LogP contribution in [0.15, 0.2) is 168 Å². The largest absolute Gasteiger partial charge is 0.399 e. The first-order chi connectivity index (χ1) is 63.1. The van der Waals surface area contributed by atoms with E-state index in [-0.39, 0.29) is 22.3 Å². The highest BCUT2D eigenvalue weighted by Crippen LogP contribution is 2.50. The van der Waals surface area contributed by atoms with E-state index in [0.29, 0.717) is 118 Å². The van der Waals surface area contributed by atoms with Crippen molar-refractivity contribution in [2.45, 2.75) is 121 Å². The standard InChI is InChI=1S/C110H90F5N9O6S2/c1-51-37-55(5)91(56(6)38-51)98-75-23-21-73(117-75)97(67-17-19-70(116)20-18-67)74-22-24-76(118-74)99(92-57(7)39-52(2)40-58(92)8)78-26-30-84(120-78)102(83-29-25-77(98)119-83)95-63(13)45-68(46-64(95)14)71-50-90(132(126,127)128)72(49-89(71)131-130-129-125)69-47-65(15)96(66(16)48-69)103-85-31-27-79(121-85)100(93-59(9)41-53(3)42-60(93)10)81-33-35-87(123-81)104(105-106(111)108(113)110(115)109(114)107(105)112)88-36-34-82(124-88)101(80-28-32-86(103)122-80)94-61(11)43-54(4)44-62(94)12/h17-50,117,120-121,124-125H,116H2,1-16H3,(H,126,127,128). The summed E-state index contributed by atoms with van der Waals surface area (Å²) in [4.78, 5) is 36.8. The highest BCUT2D eigenvalue weighted by atomic mass is 32.2. The van der Waals surface area contributed by atoms with Crippen molar-refractivity contribution in [2.24, 2.45) is 0 Å². The second-order valence-corrected chi connectivity index (χ2v) is 37.3. The molecule has 0 spiro atoms. The first kappa shape index (κ1) is 87.1. The molecular weight excluding hydrogens is 1700 g/mol. The number of anilines is 1. The SMILES string of the molecule is Cc1cc(C)c(-c2c3nc(c(-c4c(C)cc(-c5cc(S(=O)(=O)O)c(-c6cc(C)c(-c7c8nc(c(-c9c(C)cc(C)cc9C)c9ccc([nH]9)c(-c9c(F)c(F)c(F)c(F)c9F)c9nc(c(-c%10c(C)cc(C)cc%10C)c%10ccc7[nH]%10)C=C9)C=C8)c(C)c6)cc5SOOO)cc4C)c4ccc([nH]4)c(-c4c(C)cc(C)cc4C)c4nc(c(-c5ccc(N)cc5)c5ccc2[nH]5)C=C4)C=C3)c(C)c1. The van der Waals surface area contributed by atoms with E-state index < -0.39 is 49.7 Å². The number of aromatic nitrogens is 8. The van der Waals surface area contributed by atoms with Crippen molar-refractivity contribution in [3.05, 3.63) is 321 Å². The average molecular weight is 1790 g/mol. The summed E-state index contributed by atoms with van der Waals surface area (Å²) < 4.78 is 126. The van der Waals surface area contributed by atoms with Crippen LogP contribution >= 0.6 is 12.0 Å². The number of nitrogens with one attached hydrogen (secondary N) is 4. The van der Waals surface area contributed by atoms with Gasteiger partial charge in [-0.15, -0.1) is 4.33 Å². The summed E-state index contributed by atoms with van der Waals surface area (Å²) in [6.07, 6.45) is 15.2. The number of aryl methyl sites for hydroxylation is 16. The lowest BCUT2D eigenvalue weighted by Crippen LogP contribution is -2.05. The van der Waals surface area contributed by atoms with Crippen LogP contribution in [0.2, 0.25) is 0 Å². The van der Waals surface area contributed by atoms with Crippen molar-refractivity contribution >= 4 is 121 Å². The Kier molecular flexibility index (Phi) is 22.0. The van der Waals surface area contributed by atoms with Gasteiger partial charge in [-0.3, -0.25) is 4.55 Å². The van der Waals surface area contributed by atoms with Crippen LogP contribution in [-0.2, 0) is 19.5 Å². The number of aromatic amines is 4. The number of nitrogens with zero attached hydrogens (tertiary/aromatic N) is 4. The van der Waals surface area contributed by atoms with Crippen LogP contribution in [0.1, 0.15) is 135 Å². The lowest BCUT2D eigenvalue weighted by molar-refractivity contribution is -0.432. The molecule has 8 N–H and O–H groups in total. The number of halogens is 5. The Labute approximate surface area is 764 Å². The summed E-state index contributed by atoms with van der Waals surface area (Å²) in [7, 11) is -5.13. The number of H-pyrrole nitrogens is 4. The van der Waals surface area contributed by atoms with Gasteiger partial charge in [-0.05, 0) is 355 Å². The van der Waals surface area contributed by atoms with Crippen LogP contribution in [0.3, 0.4) is 0 Å². The van der Waals surface area contributed by atoms with Crippen molar-refractivity contribution in [2.75, 3.05) is 5.73 Å². The predicted octanol–water partition coefficient (Wildman–Crippen LogP) is 29.2. The van der Waals surface area contributed by atoms with Crippen molar-refractivity contribution in [3.8, 4) is 111 Å². The first-order valence-electron chi connectivity index (χ1n) is 43.2. The summed E-state index contributed by atoms with van der Waals surface area (Å²) in [5.74, 6) is -10.6. The van der Waals surface area contributed by atoms with Crippen molar-refractivity contribution in [1.82, 2.24) is 39.9 Å². The first-order valence-corrected chi connectivity index (χ1v) is 45.3. The number of nitrogen functional groups attached to an aromatic ring is 1. The van der Waals surface area contributed by atoms with Crippen LogP contribution in [0.5, 0.6) is 0 Å². The van der Waals surface area contributed by atoms with Crippen LogP contribution in [0.25, 0.3) is 204 Å². The zero-order valence-electron chi connectivity index (χ0n) is 75.2. The Hall–Kier alpha value is -14.2. The van der Waals surface area contributed by atoms with Gasteiger partial charge in [0.05, 0.1) is 63.2 Å². The second kappa shape index (κ2) is 33.3. The third-order valence-electron chi connectivity index (χ3n) is 25.6. The number of rotatable bonds is 14. The molecule has 4 aliphatic heterocycles. The van der Waals surface area contributed by atoms with Gasteiger partial charge in [0.25, 0.3) is 10.1 Å². The van der Waals surface area contributed by atoms with Gasteiger partial charge in [-0.1, -0.05) is 112 Å². The van der Waals surface area contributed by atoms with Crippen molar-refractivity contribution < 1.29 is 49.6 Å². The molecule has 10 heterocycles. The van der Waals surface area contributed by atoms with Crippen molar-refractivity contribution in [3.63, 3.8) is 0 Å². The zero-order valence-corrected chi connectivity index (χ0v) is 76.9. The number of hydrogen-bond donors (Lipinski definition) is 7. The Morgan fingerprint density at radius 3 is 0.788 bits per heavy atom. The van der Waals surface area contributed by atoms with Gasteiger partial charge in [-0.2, -0.15) is 8.42 Å². The quantitative estimate of drug-likeness (QED) is 0.00787. The smallest absolute Gasteiger partial charge is 0.295 e. The predicted molar refractivity (Wildman–Crippen MR) is 526 cm³/mol. The van der Waals surface area contributed by atoms with E-state index in [1.807, 2.05) is 166 Å². The number of nitrogens with two attached hydrogens (primary N) is 1. The molecule has 0 aliphatic carbocycles. The van der Waals surface area contributed by atoms with Gasteiger partial charge in [0.15, 0.2) is 23.3 Å². The molecule has 0 fully saturated rings. The molecule has 6 aromatic heterocycles. The fourth-order valence-corrected chi connectivity index (χ4v) is 22.0. The maximum atomic E-state index is 16.7. The summed E-state index contributed by atoms with van der Waals surface area (Å²) in [5.41, 5.74) is 41.3. The van der Waals surface area contributed by atoms with E-state index in [1.54, 1.807) is 18.2 Å². The molecule has 658 valence electrons. The third-order valence-corrected chi connectivity index (χ3v) is 27.1. The van der Waals surface area contributed by atoms with Crippen LogP contribution in [-0.4, -0.2) is 58.1 Å².